The lowest BCUT2D eigenvalue weighted by Crippen LogP contribution is -2.48. The molecule has 1 unspecified atom stereocenters. The van der Waals surface area contributed by atoms with E-state index in [2.05, 4.69) is 0 Å². The highest BCUT2D eigenvalue weighted by atomic mass is 35.5. The van der Waals surface area contributed by atoms with E-state index in [0.29, 0.717) is 36.8 Å². The molecule has 18 heavy (non-hydrogen) atoms. The minimum Gasteiger partial charge on any atom is -0.373 e. The van der Waals surface area contributed by atoms with Crippen LogP contribution in [0.2, 0.25) is 5.02 Å². The number of carbonyl (C=O) groups excluding carboxylic acids is 1. The third-order valence-electron chi connectivity index (χ3n) is 3.04. The van der Waals surface area contributed by atoms with Crippen LogP contribution in [-0.4, -0.2) is 43.2 Å². The van der Waals surface area contributed by atoms with Gasteiger partial charge in [0.05, 0.1) is 23.3 Å². The molecule has 1 heterocycles. The Morgan fingerprint density at radius 1 is 1.61 bits per heavy atom. The second-order valence-electron chi connectivity index (χ2n) is 4.46. The van der Waals surface area contributed by atoms with Crippen LogP contribution in [0.4, 0.5) is 0 Å². The summed E-state index contributed by atoms with van der Waals surface area (Å²) in [7, 11) is 0. The van der Waals surface area contributed by atoms with Crippen LogP contribution in [0.1, 0.15) is 15.9 Å². The average Bonchev–Trinajstić information content (AvgIpc) is 2.38. The summed E-state index contributed by atoms with van der Waals surface area (Å²) in [6, 6.07) is 5.46. The molecule has 2 N–H and O–H groups in total. The topological polar surface area (TPSA) is 55.6 Å². The summed E-state index contributed by atoms with van der Waals surface area (Å²) in [6.07, 6.45) is -0.0769. The van der Waals surface area contributed by atoms with Gasteiger partial charge in [-0.2, -0.15) is 0 Å². The molecule has 0 spiro atoms. The van der Waals surface area contributed by atoms with Gasteiger partial charge in [-0.05, 0) is 24.6 Å². The number of benzene rings is 1. The number of morpholine rings is 1. The fourth-order valence-corrected chi connectivity index (χ4v) is 2.33. The fraction of sp³-hybridized carbons (Fsp3) is 0.462. The molecule has 0 aliphatic carbocycles. The van der Waals surface area contributed by atoms with Crippen LogP contribution >= 0.6 is 11.6 Å². The highest BCUT2D eigenvalue weighted by molar-refractivity contribution is 6.33. The van der Waals surface area contributed by atoms with Crippen LogP contribution in [0.5, 0.6) is 0 Å². The molecule has 98 valence electrons. The van der Waals surface area contributed by atoms with Gasteiger partial charge in [-0.15, -0.1) is 0 Å². The van der Waals surface area contributed by atoms with Gasteiger partial charge in [0.1, 0.15) is 0 Å². The number of ether oxygens (including phenoxy) is 1. The SMILES string of the molecule is Cc1ccc(C(=O)N2CCOC(CN)C2)c(Cl)c1. The van der Waals surface area contributed by atoms with Gasteiger partial charge in [0, 0.05) is 19.6 Å². The molecule has 1 fully saturated rings. The summed E-state index contributed by atoms with van der Waals surface area (Å²) in [5, 5.41) is 0.496. The maximum absolute atomic E-state index is 12.3. The Morgan fingerprint density at radius 2 is 2.39 bits per heavy atom. The first kappa shape index (κ1) is 13.3. The Balaban J connectivity index is 2.15. The van der Waals surface area contributed by atoms with E-state index in [1.807, 2.05) is 13.0 Å². The molecule has 4 nitrogen and oxygen atoms in total. The van der Waals surface area contributed by atoms with Gasteiger partial charge < -0.3 is 15.4 Å². The average molecular weight is 269 g/mol. The molecule has 2 rings (SSSR count). The molecule has 0 radical (unpaired) electrons. The zero-order valence-electron chi connectivity index (χ0n) is 10.4. The van der Waals surface area contributed by atoms with Crippen LogP contribution < -0.4 is 5.73 Å². The molecular weight excluding hydrogens is 252 g/mol. The normalized spacial score (nSPS) is 19.9. The standard InChI is InChI=1S/C13H17ClN2O2/c1-9-2-3-11(12(14)6-9)13(17)16-4-5-18-10(7-15)8-16/h2-3,6,10H,4-5,7-8,15H2,1H3. The van der Waals surface area contributed by atoms with Gasteiger partial charge in [-0.25, -0.2) is 0 Å². The number of nitrogens with two attached hydrogens (primary N) is 1. The van der Waals surface area contributed by atoms with E-state index < -0.39 is 0 Å². The zero-order valence-corrected chi connectivity index (χ0v) is 11.1. The lowest BCUT2D eigenvalue weighted by atomic mass is 10.1. The Hall–Kier alpha value is -1.10. The molecule has 0 aromatic heterocycles. The Bertz CT molecular complexity index is 451. The quantitative estimate of drug-likeness (QED) is 0.883. The number of nitrogens with zero attached hydrogens (tertiary/aromatic N) is 1. The summed E-state index contributed by atoms with van der Waals surface area (Å²) in [4.78, 5) is 14.1. The van der Waals surface area contributed by atoms with Crippen LogP contribution in [0.25, 0.3) is 0 Å². The Labute approximate surface area is 112 Å². The third-order valence-corrected chi connectivity index (χ3v) is 3.36. The molecule has 1 aliphatic heterocycles. The summed E-state index contributed by atoms with van der Waals surface area (Å²) in [5.74, 6) is -0.0539. The smallest absolute Gasteiger partial charge is 0.255 e. The molecular formula is C13H17ClN2O2. The van der Waals surface area contributed by atoms with Crippen molar-refractivity contribution in [2.75, 3.05) is 26.2 Å². The molecule has 0 bridgehead atoms. The van der Waals surface area contributed by atoms with Gasteiger partial charge >= 0.3 is 0 Å². The number of hydrogen-bond acceptors (Lipinski definition) is 3. The third kappa shape index (κ3) is 2.83. The molecule has 1 aliphatic rings. The molecule has 1 aromatic rings. The van der Waals surface area contributed by atoms with Crippen molar-refractivity contribution in [1.29, 1.82) is 0 Å². The number of carbonyl (C=O) groups is 1. The number of halogens is 1. The lowest BCUT2D eigenvalue weighted by Gasteiger charge is -2.32. The van der Waals surface area contributed by atoms with Crippen molar-refractivity contribution in [3.63, 3.8) is 0 Å². The van der Waals surface area contributed by atoms with Crippen molar-refractivity contribution >= 4 is 17.5 Å². The second kappa shape index (κ2) is 5.69. The van der Waals surface area contributed by atoms with E-state index in [4.69, 9.17) is 22.1 Å². The number of rotatable bonds is 2. The molecule has 5 heteroatoms. The van der Waals surface area contributed by atoms with E-state index in [1.54, 1.807) is 17.0 Å². The molecule has 0 saturated carbocycles. The second-order valence-corrected chi connectivity index (χ2v) is 4.87. The van der Waals surface area contributed by atoms with E-state index in [0.717, 1.165) is 5.56 Å². The summed E-state index contributed by atoms with van der Waals surface area (Å²) >= 11 is 6.11. The van der Waals surface area contributed by atoms with Crippen LogP contribution in [0, 0.1) is 6.92 Å². The van der Waals surface area contributed by atoms with E-state index in [9.17, 15) is 4.79 Å². The maximum atomic E-state index is 12.3. The van der Waals surface area contributed by atoms with Crippen LogP contribution in [0.3, 0.4) is 0 Å². The minimum absolute atomic E-state index is 0.0539. The number of hydrogen-bond donors (Lipinski definition) is 1. The van der Waals surface area contributed by atoms with Crippen molar-refractivity contribution in [1.82, 2.24) is 4.90 Å². The van der Waals surface area contributed by atoms with E-state index >= 15 is 0 Å². The minimum atomic E-state index is -0.0769. The van der Waals surface area contributed by atoms with Crippen LogP contribution in [-0.2, 0) is 4.74 Å². The highest BCUT2D eigenvalue weighted by Crippen LogP contribution is 2.20. The van der Waals surface area contributed by atoms with Gasteiger partial charge in [0.2, 0.25) is 0 Å². The Morgan fingerprint density at radius 3 is 3.06 bits per heavy atom. The van der Waals surface area contributed by atoms with Crippen LogP contribution in [0.15, 0.2) is 18.2 Å². The Kier molecular flexibility index (Phi) is 4.22. The van der Waals surface area contributed by atoms with Crippen molar-refractivity contribution in [3.8, 4) is 0 Å². The fourth-order valence-electron chi connectivity index (χ4n) is 2.01. The van der Waals surface area contributed by atoms with Gasteiger partial charge in [-0.3, -0.25) is 4.79 Å². The molecule has 1 saturated heterocycles. The van der Waals surface area contributed by atoms with Crippen molar-refractivity contribution in [3.05, 3.63) is 34.3 Å². The number of aryl methyl sites for hydroxylation is 1. The van der Waals surface area contributed by atoms with E-state index in [1.165, 1.54) is 0 Å². The monoisotopic (exact) mass is 268 g/mol. The van der Waals surface area contributed by atoms with Gasteiger partial charge in [-0.1, -0.05) is 17.7 Å². The number of amides is 1. The lowest BCUT2D eigenvalue weighted by molar-refractivity contribution is -0.0167. The molecule has 1 amide bonds. The zero-order chi connectivity index (χ0) is 13.1. The van der Waals surface area contributed by atoms with Gasteiger partial charge in [0.25, 0.3) is 5.91 Å². The first-order chi connectivity index (χ1) is 8.61. The summed E-state index contributed by atoms with van der Waals surface area (Å²) in [5.41, 5.74) is 7.15. The first-order valence-corrected chi connectivity index (χ1v) is 6.36. The van der Waals surface area contributed by atoms with Crippen molar-refractivity contribution < 1.29 is 9.53 Å². The molecule has 1 aromatic carbocycles. The summed E-state index contributed by atoms with van der Waals surface area (Å²) < 4.78 is 5.44. The largest absolute Gasteiger partial charge is 0.373 e. The predicted molar refractivity (Wildman–Crippen MR) is 70.9 cm³/mol. The van der Waals surface area contributed by atoms with E-state index in [-0.39, 0.29) is 12.0 Å². The molecule has 1 atom stereocenters. The maximum Gasteiger partial charge on any atom is 0.255 e. The predicted octanol–water partition coefficient (Wildman–Crippen LogP) is 1.45. The highest BCUT2D eigenvalue weighted by Gasteiger charge is 2.25. The van der Waals surface area contributed by atoms with Crippen molar-refractivity contribution in [2.24, 2.45) is 5.73 Å². The first-order valence-electron chi connectivity index (χ1n) is 5.99. The van der Waals surface area contributed by atoms with Gasteiger partial charge in [0.15, 0.2) is 0 Å². The van der Waals surface area contributed by atoms with Crippen molar-refractivity contribution in [2.45, 2.75) is 13.0 Å². The summed E-state index contributed by atoms with van der Waals surface area (Å²) in [6.45, 7) is 4.00.